The average molecular weight is 444 g/mol. The molecule has 148 valence electrons. The molecule has 0 atom stereocenters. The van der Waals surface area contributed by atoms with Crippen molar-refractivity contribution in [2.24, 2.45) is 5.14 Å². The molecule has 3 N–H and O–H groups in total. The molecule has 0 radical (unpaired) electrons. The van der Waals surface area contributed by atoms with Crippen LogP contribution in [0.3, 0.4) is 0 Å². The Morgan fingerprint density at radius 3 is 2.32 bits per heavy atom. The van der Waals surface area contributed by atoms with Gasteiger partial charge in [-0.2, -0.15) is 0 Å². The Labute approximate surface area is 166 Å². The molecule has 1 aliphatic rings. The molecular formula is C16H14ClN3O6S2. The molecule has 1 heterocycles. The van der Waals surface area contributed by atoms with E-state index in [0.717, 1.165) is 0 Å². The number of nitrogens with zero attached hydrogens (tertiary/aromatic N) is 1. The summed E-state index contributed by atoms with van der Waals surface area (Å²) in [6.07, 6.45) is -0.161. The summed E-state index contributed by atoms with van der Waals surface area (Å²) in [5, 5.41) is 7.56. The minimum absolute atomic E-state index is 0.00730. The topological polar surface area (TPSA) is 144 Å². The summed E-state index contributed by atoms with van der Waals surface area (Å²) in [6, 6.07) is 9.05. The molecule has 9 nitrogen and oxygen atoms in total. The largest absolute Gasteiger partial charge is 0.322 e. The van der Waals surface area contributed by atoms with Gasteiger partial charge in [-0.15, -0.1) is 0 Å². The number of benzene rings is 2. The van der Waals surface area contributed by atoms with E-state index in [1.165, 1.54) is 42.5 Å². The van der Waals surface area contributed by atoms with Crippen molar-refractivity contribution in [1.82, 2.24) is 0 Å². The van der Waals surface area contributed by atoms with Gasteiger partial charge in [-0.3, -0.25) is 9.59 Å². The predicted octanol–water partition coefficient (Wildman–Crippen LogP) is 1.31. The molecule has 0 unspecified atom stereocenters. The van der Waals surface area contributed by atoms with Gasteiger partial charge >= 0.3 is 0 Å². The van der Waals surface area contributed by atoms with Gasteiger partial charge in [0, 0.05) is 17.7 Å². The number of amides is 2. The van der Waals surface area contributed by atoms with Gasteiger partial charge < -0.3 is 5.32 Å². The van der Waals surface area contributed by atoms with E-state index >= 15 is 0 Å². The number of carbonyl (C=O) groups excluding carboxylic acids is 2. The first-order valence-electron chi connectivity index (χ1n) is 7.79. The fourth-order valence-corrected chi connectivity index (χ4v) is 4.82. The molecular weight excluding hydrogens is 430 g/mol. The smallest absolute Gasteiger partial charge is 0.255 e. The lowest BCUT2D eigenvalue weighted by molar-refractivity contribution is -0.116. The maximum absolute atomic E-state index is 12.5. The van der Waals surface area contributed by atoms with Crippen LogP contribution in [0.2, 0.25) is 5.02 Å². The number of halogens is 1. The number of hydrogen-bond donors (Lipinski definition) is 2. The zero-order valence-corrected chi connectivity index (χ0v) is 16.5. The maximum atomic E-state index is 12.5. The fourth-order valence-electron chi connectivity index (χ4n) is 2.59. The number of anilines is 2. The highest BCUT2D eigenvalue weighted by Gasteiger charge is 2.37. The lowest BCUT2D eigenvalue weighted by Crippen LogP contribution is -2.29. The van der Waals surface area contributed by atoms with E-state index in [0.29, 0.717) is 9.99 Å². The quantitative estimate of drug-likeness (QED) is 0.728. The van der Waals surface area contributed by atoms with Crippen molar-refractivity contribution in [2.45, 2.75) is 11.3 Å². The molecule has 2 aromatic carbocycles. The van der Waals surface area contributed by atoms with Crippen LogP contribution in [0.1, 0.15) is 16.8 Å². The summed E-state index contributed by atoms with van der Waals surface area (Å²) in [5.74, 6) is -1.56. The molecule has 2 amide bonds. The fraction of sp³-hybridized carbons (Fsp3) is 0.125. The van der Waals surface area contributed by atoms with Crippen molar-refractivity contribution in [2.75, 3.05) is 15.4 Å². The number of hydrogen-bond acceptors (Lipinski definition) is 6. The monoisotopic (exact) mass is 443 g/mol. The zero-order valence-electron chi connectivity index (χ0n) is 14.1. The number of nitrogens with two attached hydrogens (primary N) is 1. The summed E-state index contributed by atoms with van der Waals surface area (Å²) in [5.41, 5.74) is 0.255. The van der Waals surface area contributed by atoms with Crippen molar-refractivity contribution in [3.63, 3.8) is 0 Å². The van der Waals surface area contributed by atoms with Crippen LogP contribution in [0.4, 0.5) is 11.4 Å². The van der Waals surface area contributed by atoms with Gasteiger partial charge in [-0.05, 0) is 42.5 Å². The molecule has 0 saturated carbocycles. The molecule has 28 heavy (non-hydrogen) atoms. The van der Waals surface area contributed by atoms with E-state index in [1.54, 1.807) is 0 Å². The molecule has 1 saturated heterocycles. The number of sulfonamides is 2. The van der Waals surface area contributed by atoms with Crippen LogP contribution < -0.4 is 14.8 Å². The van der Waals surface area contributed by atoms with E-state index in [2.05, 4.69) is 5.32 Å². The van der Waals surface area contributed by atoms with Crippen LogP contribution >= 0.6 is 11.6 Å². The molecule has 0 aliphatic carbocycles. The summed E-state index contributed by atoms with van der Waals surface area (Å²) in [6.45, 7) is 0. The van der Waals surface area contributed by atoms with Crippen molar-refractivity contribution in [3.8, 4) is 0 Å². The SMILES string of the molecule is NS(=O)(=O)c1ccc(NC(=O)c2ccc(Cl)c(N3C(=O)CCS3(=O)=O)c2)cc1. The third kappa shape index (κ3) is 4.02. The van der Waals surface area contributed by atoms with Crippen molar-refractivity contribution < 1.29 is 26.4 Å². The molecule has 0 aromatic heterocycles. The van der Waals surface area contributed by atoms with Gasteiger partial charge in [0.25, 0.3) is 5.91 Å². The highest BCUT2D eigenvalue weighted by molar-refractivity contribution is 7.94. The summed E-state index contributed by atoms with van der Waals surface area (Å²) in [4.78, 5) is 24.3. The number of carbonyl (C=O) groups is 2. The third-order valence-electron chi connectivity index (χ3n) is 3.95. The minimum atomic E-state index is -3.86. The molecule has 0 spiro atoms. The molecule has 1 aliphatic heterocycles. The van der Waals surface area contributed by atoms with E-state index < -0.39 is 31.9 Å². The Morgan fingerprint density at radius 2 is 1.79 bits per heavy atom. The Bertz CT molecular complexity index is 1180. The Kier molecular flexibility index (Phi) is 5.19. The van der Waals surface area contributed by atoms with Gasteiger partial charge in [0.2, 0.25) is 26.0 Å². The van der Waals surface area contributed by atoms with Crippen LogP contribution in [-0.4, -0.2) is 34.4 Å². The standard InChI is InChI=1S/C16H14ClN3O6S2/c17-13-6-1-10(9-14(13)20-15(21)7-8-27(20,23)24)16(22)19-11-2-4-12(5-3-11)28(18,25)26/h1-6,9H,7-8H2,(H,19,22)(H2,18,25,26). The summed E-state index contributed by atoms with van der Waals surface area (Å²) in [7, 11) is -7.69. The first-order chi connectivity index (χ1) is 13.0. The Balaban J connectivity index is 1.88. The van der Waals surface area contributed by atoms with E-state index in [-0.39, 0.29) is 33.3 Å². The molecule has 1 fully saturated rings. The van der Waals surface area contributed by atoms with Gasteiger partial charge in [-0.1, -0.05) is 11.6 Å². The zero-order chi connectivity index (χ0) is 20.7. The van der Waals surface area contributed by atoms with Crippen molar-refractivity contribution >= 4 is 54.8 Å². The highest BCUT2D eigenvalue weighted by atomic mass is 35.5. The normalized spacial score (nSPS) is 16.2. The first-order valence-corrected chi connectivity index (χ1v) is 11.3. The van der Waals surface area contributed by atoms with E-state index in [1.807, 2.05) is 0 Å². The third-order valence-corrected chi connectivity index (χ3v) is 6.87. The lowest BCUT2D eigenvalue weighted by Gasteiger charge is -2.17. The maximum Gasteiger partial charge on any atom is 0.255 e. The second kappa shape index (κ2) is 7.17. The minimum Gasteiger partial charge on any atom is -0.322 e. The molecule has 0 bridgehead atoms. The van der Waals surface area contributed by atoms with E-state index in [9.17, 15) is 26.4 Å². The Morgan fingerprint density at radius 1 is 1.14 bits per heavy atom. The summed E-state index contributed by atoms with van der Waals surface area (Å²) >= 11 is 6.04. The first kappa shape index (κ1) is 20.3. The van der Waals surface area contributed by atoms with Gasteiger partial charge in [0.05, 0.1) is 21.4 Å². The summed E-state index contributed by atoms with van der Waals surface area (Å²) < 4.78 is 47.3. The van der Waals surface area contributed by atoms with Gasteiger partial charge in [-0.25, -0.2) is 26.3 Å². The molecule has 12 heteroatoms. The molecule has 3 rings (SSSR count). The second-order valence-corrected chi connectivity index (χ2v) is 9.82. The Hall–Kier alpha value is -2.47. The highest BCUT2D eigenvalue weighted by Crippen LogP contribution is 2.33. The van der Waals surface area contributed by atoms with Crippen LogP contribution in [-0.2, 0) is 24.8 Å². The molecule has 2 aromatic rings. The second-order valence-electron chi connectivity index (χ2n) is 5.91. The van der Waals surface area contributed by atoms with Crippen molar-refractivity contribution in [1.29, 1.82) is 0 Å². The number of nitrogens with one attached hydrogen (secondary N) is 1. The van der Waals surface area contributed by atoms with E-state index in [4.69, 9.17) is 16.7 Å². The van der Waals surface area contributed by atoms with Crippen LogP contribution in [0.25, 0.3) is 0 Å². The van der Waals surface area contributed by atoms with Crippen LogP contribution in [0.15, 0.2) is 47.4 Å². The lowest BCUT2D eigenvalue weighted by atomic mass is 10.1. The van der Waals surface area contributed by atoms with Gasteiger partial charge in [0.15, 0.2) is 0 Å². The van der Waals surface area contributed by atoms with Crippen molar-refractivity contribution in [3.05, 3.63) is 53.1 Å². The van der Waals surface area contributed by atoms with Crippen LogP contribution in [0.5, 0.6) is 0 Å². The predicted molar refractivity (Wildman–Crippen MR) is 103 cm³/mol. The number of primary sulfonamides is 1. The van der Waals surface area contributed by atoms with Crippen LogP contribution in [0, 0.1) is 0 Å². The van der Waals surface area contributed by atoms with Gasteiger partial charge in [0.1, 0.15) is 0 Å². The average Bonchev–Trinajstić information content (AvgIpc) is 2.88. The number of rotatable bonds is 4.